The van der Waals surface area contributed by atoms with E-state index in [0.717, 1.165) is 58.2 Å². The number of fused-ring (bicyclic) bond motifs is 2. The number of anilines is 2. The molecule has 0 saturated carbocycles. The summed E-state index contributed by atoms with van der Waals surface area (Å²) in [6.07, 6.45) is 0.0116. The van der Waals surface area contributed by atoms with Gasteiger partial charge in [-0.1, -0.05) is 86.6 Å². The van der Waals surface area contributed by atoms with Crippen molar-refractivity contribution >= 4 is 43.2 Å². The molecule has 4 heterocycles. The Bertz CT molecular complexity index is 3650. The van der Waals surface area contributed by atoms with Gasteiger partial charge in [-0.25, -0.2) is 45.3 Å². The van der Waals surface area contributed by atoms with Crippen molar-refractivity contribution in [3.63, 3.8) is 0 Å². The molecule has 14 nitrogen and oxygen atoms in total. The summed E-state index contributed by atoms with van der Waals surface area (Å²) in [5.74, 6) is -0.568. The van der Waals surface area contributed by atoms with Crippen LogP contribution in [0.3, 0.4) is 0 Å². The van der Waals surface area contributed by atoms with Gasteiger partial charge in [-0.15, -0.1) is 0 Å². The Morgan fingerprint density at radius 3 is 1.46 bits per heavy atom. The zero-order valence-electron chi connectivity index (χ0n) is 39.5. The summed E-state index contributed by atoms with van der Waals surface area (Å²) in [4.78, 5) is 30.7. The predicted molar refractivity (Wildman–Crippen MR) is 273 cm³/mol. The highest BCUT2D eigenvalue weighted by Gasteiger charge is 2.32. The summed E-state index contributed by atoms with van der Waals surface area (Å²) < 4.78 is 78.4. The molecule has 72 heavy (non-hydrogen) atoms. The zero-order valence-corrected chi connectivity index (χ0v) is 41.2. The third-order valence-corrected chi connectivity index (χ3v) is 14.7. The summed E-state index contributed by atoms with van der Waals surface area (Å²) in [7, 11) is -7.80. The number of nitrogens with two attached hydrogens (primary N) is 2. The third-order valence-electron chi connectivity index (χ3n) is 12.8. The molecular weight excluding hydrogens is 959 g/mol. The molecule has 18 heteroatoms. The average molecular weight is 1010 g/mol. The number of aryl methyl sites for hydroxylation is 3. The van der Waals surface area contributed by atoms with E-state index in [2.05, 4.69) is 29.3 Å². The van der Waals surface area contributed by atoms with Crippen LogP contribution in [0.5, 0.6) is 0 Å². The first-order valence-corrected chi connectivity index (χ1v) is 26.3. The van der Waals surface area contributed by atoms with Gasteiger partial charge in [0.1, 0.15) is 17.1 Å². The van der Waals surface area contributed by atoms with Gasteiger partial charge in [0.05, 0.1) is 26.9 Å². The van der Waals surface area contributed by atoms with Crippen LogP contribution < -0.4 is 20.1 Å². The average Bonchev–Trinajstić information content (AvgIpc) is 4.20. The molecule has 2 aromatic heterocycles. The van der Waals surface area contributed by atoms with E-state index in [0.29, 0.717) is 59.7 Å². The number of alkyl halides is 2. The van der Waals surface area contributed by atoms with E-state index in [1.165, 1.54) is 27.3 Å². The van der Waals surface area contributed by atoms with Crippen molar-refractivity contribution in [2.45, 2.75) is 62.7 Å². The normalized spacial score (nSPS) is 13.2. The number of nitrogens with zero attached hydrogens (tertiary/aromatic N) is 6. The molecule has 0 spiro atoms. The van der Waals surface area contributed by atoms with Crippen LogP contribution in [0, 0.1) is 6.92 Å². The molecular formula is C54H50F2N8O6S2. The summed E-state index contributed by atoms with van der Waals surface area (Å²) in [5.41, 5.74) is 10.1. The van der Waals surface area contributed by atoms with Crippen LogP contribution in [-0.4, -0.2) is 61.3 Å². The third kappa shape index (κ3) is 9.85. The fraction of sp³-hybridized carbons (Fsp3) is 0.185. The van der Waals surface area contributed by atoms with Crippen LogP contribution in [0.2, 0.25) is 0 Å². The Balaban J connectivity index is 0.000000178. The maximum Gasteiger partial charge on any atom is 0.282 e. The number of primary sulfonamides is 2. The molecule has 0 radical (unpaired) electrons. The van der Waals surface area contributed by atoms with E-state index in [9.17, 15) is 35.2 Å². The van der Waals surface area contributed by atoms with Gasteiger partial charge >= 0.3 is 0 Å². The molecule has 0 fully saturated rings. The summed E-state index contributed by atoms with van der Waals surface area (Å²) >= 11 is 0. The van der Waals surface area contributed by atoms with E-state index in [4.69, 9.17) is 10.3 Å². The van der Waals surface area contributed by atoms with E-state index in [1.54, 1.807) is 70.2 Å². The Hall–Kier alpha value is -7.64. The van der Waals surface area contributed by atoms with Gasteiger partial charge in [0.15, 0.2) is 0 Å². The summed E-state index contributed by atoms with van der Waals surface area (Å²) in [5, 5.41) is 19.5. The van der Waals surface area contributed by atoms with Gasteiger partial charge < -0.3 is 9.80 Å². The van der Waals surface area contributed by atoms with Crippen molar-refractivity contribution < 1.29 is 35.2 Å². The number of hydrogen-bond acceptors (Lipinski definition) is 8. The van der Waals surface area contributed by atoms with Crippen LogP contribution in [0.1, 0.15) is 74.9 Å². The minimum absolute atomic E-state index is 0.0126. The van der Waals surface area contributed by atoms with Crippen molar-refractivity contribution in [2.24, 2.45) is 10.3 Å². The van der Waals surface area contributed by atoms with Crippen molar-refractivity contribution in [2.75, 3.05) is 22.9 Å². The molecule has 0 aliphatic carbocycles. The second kappa shape index (κ2) is 19.9. The smallest absolute Gasteiger partial charge is 0.282 e. The number of sulfonamides is 2. The predicted octanol–water partition coefficient (Wildman–Crippen LogP) is 9.15. The van der Waals surface area contributed by atoms with Crippen LogP contribution in [0.15, 0.2) is 155 Å². The molecule has 2 amide bonds. The van der Waals surface area contributed by atoms with Crippen LogP contribution in [0.25, 0.3) is 33.6 Å². The first-order valence-electron chi connectivity index (χ1n) is 23.2. The molecule has 2 aliphatic rings. The first-order chi connectivity index (χ1) is 34.4. The van der Waals surface area contributed by atoms with Crippen LogP contribution in [-0.2, 0) is 45.7 Å². The number of aromatic nitrogens is 4. The minimum Gasteiger partial charge on any atom is -0.306 e. The highest BCUT2D eigenvalue weighted by atomic mass is 32.2. The molecule has 10 rings (SSSR count). The van der Waals surface area contributed by atoms with E-state index < -0.39 is 38.1 Å². The highest BCUT2D eigenvalue weighted by Crippen LogP contribution is 2.38. The first kappa shape index (κ1) is 49.3. The number of halogens is 2. The van der Waals surface area contributed by atoms with Gasteiger partial charge in [-0.05, 0) is 139 Å². The van der Waals surface area contributed by atoms with Gasteiger partial charge in [-0.3, -0.25) is 9.59 Å². The van der Waals surface area contributed by atoms with E-state index in [-0.39, 0.29) is 21.4 Å². The largest absolute Gasteiger partial charge is 0.306 e. The molecule has 0 saturated heterocycles. The number of hydrogen-bond donors (Lipinski definition) is 2. The second-order valence-electron chi connectivity index (χ2n) is 17.5. The highest BCUT2D eigenvalue weighted by molar-refractivity contribution is 7.89. The lowest BCUT2D eigenvalue weighted by molar-refractivity contribution is 0.0974. The molecule has 2 aliphatic heterocycles. The lowest BCUT2D eigenvalue weighted by atomic mass is 10.0. The molecule has 8 aromatic rings. The molecule has 0 atom stereocenters. The SMILES string of the molecule is CCc1cccc(-n2nc(C(F)F)cc2C(=O)N2CCc3cc(-c4ccccc4S(N)(=O)=O)ccc32)c1.CCc1cccc(-n2nc(C)cc2C(=O)N2CCc3cc(-c4ccccc4S(N)(=O)=O)ccc32)c1. The Kier molecular flexibility index (Phi) is 13.6. The molecule has 0 unspecified atom stereocenters. The van der Waals surface area contributed by atoms with Crippen LogP contribution >= 0.6 is 0 Å². The lowest BCUT2D eigenvalue weighted by Crippen LogP contribution is -2.30. The van der Waals surface area contributed by atoms with Gasteiger partial charge in [0.25, 0.3) is 18.2 Å². The van der Waals surface area contributed by atoms with Gasteiger partial charge in [0.2, 0.25) is 20.0 Å². The lowest BCUT2D eigenvalue weighted by Gasteiger charge is -2.19. The standard InChI is InChI=1S/C27H24F2N4O3S.C27H26N4O3S/c1-2-17-6-5-7-20(14-17)33-24(16-22(31-33)26(28)29)27(34)32-13-12-19-15-18(10-11-23(19)32)21-8-3-4-9-25(21)37(30,35)36;1-3-19-7-6-8-22(16-19)31-25(15-18(2)29-31)27(32)30-14-13-21-17-20(11-12-24(21)30)23-9-4-5-10-26(23)35(28,33)34/h3-11,14-16,26H,2,12-13H2,1H3,(H2,30,35,36);4-12,15-17H,3,13-14H2,1-2H3,(H2,28,33,34). The summed E-state index contributed by atoms with van der Waals surface area (Å²) in [6, 6.07) is 42.4. The molecule has 6 aromatic carbocycles. The second-order valence-corrected chi connectivity index (χ2v) is 20.5. The molecule has 4 N–H and O–H groups in total. The van der Waals surface area contributed by atoms with Crippen molar-refractivity contribution in [3.05, 3.63) is 191 Å². The fourth-order valence-electron chi connectivity index (χ4n) is 9.26. The Labute approximate surface area is 416 Å². The molecule has 0 bridgehead atoms. The maximum absolute atomic E-state index is 13.7. The number of amides is 2. The summed E-state index contributed by atoms with van der Waals surface area (Å²) in [6.45, 7) is 6.84. The Morgan fingerprint density at radius 2 is 1.01 bits per heavy atom. The maximum atomic E-state index is 13.7. The van der Waals surface area contributed by atoms with E-state index >= 15 is 0 Å². The monoisotopic (exact) mass is 1010 g/mol. The topological polar surface area (TPSA) is 197 Å². The van der Waals surface area contributed by atoms with Gasteiger partial charge in [-0.2, -0.15) is 10.2 Å². The minimum atomic E-state index is -3.93. The van der Waals surface area contributed by atoms with Crippen LogP contribution in [0.4, 0.5) is 20.2 Å². The van der Waals surface area contributed by atoms with Crippen molar-refractivity contribution in [1.29, 1.82) is 0 Å². The number of carbonyl (C=O) groups is 2. The number of rotatable bonds is 11. The van der Waals surface area contributed by atoms with Gasteiger partial charge in [0, 0.05) is 35.6 Å². The molecule has 368 valence electrons. The zero-order chi connectivity index (χ0) is 51.1. The van der Waals surface area contributed by atoms with Crippen molar-refractivity contribution in [1.82, 2.24) is 19.6 Å². The van der Waals surface area contributed by atoms with Crippen molar-refractivity contribution in [3.8, 4) is 33.6 Å². The Morgan fingerprint density at radius 1 is 0.569 bits per heavy atom. The number of carbonyl (C=O) groups excluding carboxylic acids is 2. The number of benzene rings is 6. The van der Waals surface area contributed by atoms with E-state index in [1.807, 2.05) is 68.4 Å². The quantitative estimate of drug-likeness (QED) is 0.128. The fourth-order valence-corrected chi connectivity index (χ4v) is 10.8.